The lowest BCUT2D eigenvalue weighted by atomic mass is 9.91. The number of aryl methyl sites for hydroxylation is 1. The van der Waals surface area contributed by atoms with Crippen LogP contribution in [0.5, 0.6) is 11.5 Å². The van der Waals surface area contributed by atoms with Crippen LogP contribution in [0.3, 0.4) is 0 Å². The molecular weight excluding hydrogens is 468 g/mol. The van der Waals surface area contributed by atoms with E-state index in [1.54, 1.807) is 25.1 Å². The van der Waals surface area contributed by atoms with E-state index >= 15 is 0 Å². The van der Waals surface area contributed by atoms with Crippen LogP contribution in [0.2, 0.25) is 0 Å². The Morgan fingerprint density at radius 3 is 2.36 bits per heavy atom. The van der Waals surface area contributed by atoms with E-state index in [0.29, 0.717) is 22.4 Å². The number of benzene rings is 3. The van der Waals surface area contributed by atoms with E-state index in [1.807, 2.05) is 13.8 Å². The minimum absolute atomic E-state index is 0.0265. The molecule has 6 nitrogen and oxygen atoms in total. The van der Waals surface area contributed by atoms with Gasteiger partial charge in [-0.05, 0) is 65.9 Å². The van der Waals surface area contributed by atoms with Crippen LogP contribution in [0, 0.1) is 18.6 Å². The first-order chi connectivity index (χ1) is 17.0. The molecule has 2 N–H and O–H groups in total. The van der Waals surface area contributed by atoms with Gasteiger partial charge in [0.05, 0.1) is 18.7 Å². The van der Waals surface area contributed by atoms with Gasteiger partial charge in [-0.2, -0.15) is 0 Å². The maximum Gasteiger partial charge on any atom is 0.300 e. The van der Waals surface area contributed by atoms with Crippen molar-refractivity contribution in [2.75, 3.05) is 12.0 Å². The first-order valence-electron chi connectivity index (χ1n) is 11.3. The number of halogens is 2. The number of aromatic hydroxyl groups is 1. The van der Waals surface area contributed by atoms with Gasteiger partial charge >= 0.3 is 0 Å². The number of phenols is 1. The second kappa shape index (κ2) is 9.45. The number of methoxy groups -OCH3 is 1. The fraction of sp³-hybridized carbons (Fsp3) is 0.214. The van der Waals surface area contributed by atoms with Gasteiger partial charge in [0, 0.05) is 17.3 Å². The average Bonchev–Trinajstić information content (AvgIpc) is 3.10. The highest BCUT2D eigenvalue weighted by atomic mass is 19.2. The van der Waals surface area contributed by atoms with Crippen LogP contribution < -0.4 is 9.64 Å². The van der Waals surface area contributed by atoms with Crippen LogP contribution in [-0.4, -0.2) is 29.0 Å². The number of hydrogen-bond acceptors (Lipinski definition) is 5. The van der Waals surface area contributed by atoms with Gasteiger partial charge in [0.1, 0.15) is 17.3 Å². The molecule has 1 heterocycles. The predicted molar refractivity (Wildman–Crippen MR) is 131 cm³/mol. The summed E-state index contributed by atoms with van der Waals surface area (Å²) < 4.78 is 33.2. The smallest absolute Gasteiger partial charge is 0.300 e. The number of aliphatic hydroxyl groups is 1. The van der Waals surface area contributed by atoms with Crippen LogP contribution >= 0.6 is 0 Å². The molecule has 0 radical (unpaired) electrons. The van der Waals surface area contributed by atoms with Crippen molar-refractivity contribution < 1.29 is 33.3 Å². The summed E-state index contributed by atoms with van der Waals surface area (Å²) in [5.74, 6) is -4.24. The first-order valence-corrected chi connectivity index (χ1v) is 11.3. The fourth-order valence-electron chi connectivity index (χ4n) is 4.47. The fourth-order valence-corrected chi connectivity index (χ4v) is 4.47. The molecule has 0 bridgehead atoms. The summed E-state index contributed by atoms with van der Waals surface area (Å²) in [5.41, 5.74) is 1.70. The van der Waals surface area contributed by atoms with Crippen molar-refractivity contribution in [1.29, 1.82) is 0 Å². The Bertz CT molecular complexity index is 1410. The van der Waals surface area contributed by atoms with E-state index < -0.39 is 35.1 Å². The number of carbonyl (C=O) groups is 2. The zero-order valence-corrected chi connectivity index (χ0v) is 20.2. The highest BCUT2D eigenvalue weighted by Gasteiger charge is 2.47. The number of hydrogen-bond donors (Lipinski definition) is 2. The monoisotopic (exact) mass is 493 g/mol. The van der Waals surface area contributed by atoms with Gasteiger partial charge in [0.25, 0.3) is 11.7 Å². The van der Waals surface area contributed by atoms with E-state index in [0.717, 1.165) is 22.6 Å². The van der Waals surface area contributed by atoms with Crippen LogP contribution in [0.15, 0.2) is 60.2 Å². The molecule has 1 unspecified atom stereocenters. The SMILES string of the molecule is COc1cc(C)c(/C(O)=C2\C(=O)C(=O)N(c3ccc(F)c(F)c3)C2c2cccc(O)c2)cc1C(C)C. The van der Waals surface area contributed by atoms with Crippen molar-refractivity contribution in [1.82, 2.24) is 0 Å². The second-order valence-electron chi connectivity index (χ2n) is 8.93. The van der Waals surface area contributed by atoms with Gasteiger partial charge in [0.2, 0.25) is 0 Å². The molecule has 4 rings (SSSR count). The molecule has 0 spiro atoms. The Morgan fingerprint density at radius 1 is 1.03 bits per heavy atom. The summed E-state index contributed by atoms with van der Waals surface area (Å²) in [4.78, 5) is 27.5. The van der Waals surface area contributed by atoms with E-state index in [4.69, 9.17) is 4.74 Å². The Kier molecular flexibility index (Phi) is 6.54. The summed E-state index contributed by atoms with van der Waals surface area (Å²) in [5, 5.41) is 21.6. The Labute approximate surface area is 207 Å². The highest BCUT2D eigenvalue weighted by molar-refractivity contribution is 6.51. The molecule has 1 aliphatic heterocycles. The second-order valence-corrected chi connectivity index (χ2v) is 8.93. The van der Waals surface area contributed by atoms with Gasteiger partial charge in [0.15, 0.2) is 11.6 Å². The highest BCUT2D eigenvalue weighted by Crippen LogP contribution is 2.44. The Morgan fingerprint density at radius 2 is 1.75 bits per heavy atom. The molecule has 0 aliphatic carbocycles. The summed E-state index contributed by atoms with van der Waals surface area (Å²) in [6.45, 7) is 5.63. The number of aliphatic hydroxyl groups excluding tert-OH is 1. The number of anilines is 1. The van der Waals surface area contributed by atoms with Crippen LogP contribution in [0.1, 0.15) is 48.1 Å². The maximum atomic E-state index is 14.1. The summed E-state index contributed by atoms with van der Waals surface area (Å²) in [7, 11) is 1.54. The van der Waals surface area contributed by atoms with Crippen molar-refractivity contribution >= 4 is 23.1 Å². The normalized spacial score (nSPS) is 17.2. The van der Waals surface area contributed by atoms with Crippen molar-refractivity contribution in [3.63, 3.8) is 0 Å². The Balaban J connectivity index is 2.00. The van der Waals surface area contributed by atoms with E-state index in [-0.39, 0.29) is 22.9 Å². The number of phenolic OH excluding ortho intramolecular Hbond substituents is 1. The zero-order chi connectivity index (χ0) is 26.3. The first kappa shape index (κ1) is 24.9. The number of nitrogens with zero attached hydrogens (tertiary/aromatic N) is 1. The topological polar surface area (TPSA) is 87.1 Å². The van der Waals surface area contributed by atoms with Gasteiger partial charge in [-0.25, -0.2) is 8.78 Å². The molecule has 1 fully saturated rings. The lowest BCUT2D eigenvalue weighted by Gasteiger charge is -2.26. The van der Waals surface area contributed by atoms with Crippen LogP contribution in [0.25, 0.3) is 5.76 Å². The molecule has 8 heteroatoms. The standard InChI is InChI=1S/C28H25F2NO5/c1-14(2)19-13-20(15(3)10-23(19)36-4)26(33)24-25(16-6-5-7-18(32)11-16)31(28(35)27(24)34)17-8-9-21(29)22(30)12-17/h5-14,25,32-33H,1-4H3/b26-24+. The molecule has 3 aromatic rings. The predicted octanol–water partition coefficient (Wildman–Crippen LogP) is 5.74. The lowest BCUT2D eigenvalue weighted by molar-refractivity contribution is -0.132. The van der Waals surface area contributed by atoms with E-state index in [2.05, 4.69) is 0 Å². The molecule has 1 aliphatic rings. The van der Waals surface area contributed by atoms with Gasteiger partial charge in [-0.15, -0.1) is 0 Å². The Hall–Kier alpha value is -4.20. The number of rotatable bonds is 5. The minimum atomic E-state index is -1.20. The van der Waals surface area contributed by atoms with Crippen LogP contribution in [0.4, 0.5) is 14.5 Å². The van der Waals surface area contributed by atoms with Crippen molar-refractivity contribution in [2.24, 2.45) is 0 Å². The zero-order valence-electron chi connectivity index (χ0n) is 20.2. The lowest BCUT2D eigenvalue weighted by Crippen LogP contribution is -2.29. The maximum absolute atomic E-state index is 14.1. The van der Waals surface area contributed by atoms with E-state index in [1.165, 1.54) is 31.4 Å². The molecule has 1 atom stereocenters. The molecule has 0 saturated carbocycles. The van der Waals surface area contributed by atoms with Gasteiger partial charge < -0.3 is 14.9 Å². The molecular formula is C28H25F2NO5. The molecule has 1 saturated heterocycles. The largest absolute Gasteiger partial charge is 0.508 e. The van der Waals surface area contributed by atoms with Crippen molar-refractivity contribution in [3.05, 3.63) is 94.1 Å². The molecule has 0 aromatic heterocycles. The van der Waals surface area contributed by atoms with E-state index in [9.17, 15) is 28.6 Å². The third-order valence-electron chi connectivity index (χ3n) is 6.27. The number of Topliss-reactive ketones (excluding diaryl/α,β-unsaturated/α-hetero) is 1. The number of ether oxygens (including phenoxy) is 1. The van der Waals surface area contributed by atoms with Crippen molar-refractivity contribution in [2.45, 2.75) is 32.7 Å². The van der Waals surface area contributed by atoms with Crippen LogP contribution in [-0.2, 0) is 9.59 Å². The van der Waals surface area contributed by atoms with Gasteiger partial charge in [-0.3, -0.25) is 14.5 Å². The molecule has 3 aromatic carbocycles. The number of amides is 1. The summed E-state index contributed by atoms with van der Waals surface area (Å²) in [6.07, 6.45) is 0. The minimum Gasteiger partial charge on any atom is -0.508 e. The molecule has 186 valence electrons. The summed E-state index contributed by atoms with van der Waals surface area (Å²) >= 11 is 0. The number of ketones is 1. The third kappa shape index (κ3) is 4.19. The van der Waals surface area contributed by atoms with Crippen molar-refractivity contribution in [3.8, 4) is 11.5 Å². The third-order valence-corrected chi connectivity index (χ3v) is 6.27. The number of carbonyl (C=O) groups excluding carboxylic acids is 2. The quantitative estimate of drug-likeness (QED) is 0.269. The molecule has 1 amide bonds. The average molecular weight is 494 g/mol. The molecule has 36 heavy (non-hydrogen) atoms. The van der Waals surface area contributed by atoms with Gasteiger partial charge in [-0.1, -0.05) is 26.0 Å². The summed E-state index contributed by atoms with van der Waals surface area (Å²) in [6, 6.07) is 10.9.